The van der Waals surface area contributed by atoms with Crippen LogP contribution in [0.15, 0.2) is 60.7 Å². The van der Waals surface area contributed by atoms with E-state index in [9.17, 15) is 33.6 Å². The summed E-state index contributed by atoms with van der Waals surface area (Å²) in [4.78, 5) is 95.5. The van der Waals surface area contributed by atoms with E-state index < -0.39 is 83.8 Å². The molecule has 0 spiro atoms. The van der Waals surface area contributed by atoms with Crippen LogP contribution >= 0.6 is 0 Å². The van der Waals surface area contributed by atoms with E-state index in [0.29, 0.717) is 12.8 Å². The molecule has 0 aromatic heterocycles. The van der Waals surface area contributed by atoms with Crippen LogP contribution < -0.4 is 31.9 Å². The summed E-state index contributed by atoms with van der Waals surface area (Å²) in [6.07, 6.45) is -0.0482. The number of ether oxygens (including phenoxy) is 2. The Hall–Kier alpha value is -5.47. The van der Waals surface area contributed by atoms with Crippen molar-refractivity contribution < 1.29 is 43.0 Å². The van der Waals surface area contributed by atoms with Gasteiger partial charge in [0, 0.05) is 12.8 Å². The van der Waals surface area contributed by atoms with E-state index in [1.54, 1.807) is 53.7 Å². The van der Waals surface area contributed by atoms with Gasteiger partial charge >= 0.3 is 12.1 Å². The van der Waals surface area contributed by atoms with Gasteiger partial charge < -0.3 is 41.4 Å². The van der Waals surface area contributed by atoms with Crippen LogP contribution in [0, 0.1) is 29.1 Å². The lowest BCUT2D eigenvalue weighted by Crippen LogP contribution is -2.62. The lowest BCUT2D eigenvalue weighted by atomic mass is 9.85. The fourth-order valence-electron chi connectivity index (χ4n) is 6.88. The summed E-state index contributed by atoms with van der Waals surface area (Å²) in [5, 5.41) is 17.2. The number of methoxy groups -OCH3 is 1. The van der Waals surface area contributed by atoms with Crippen LogP contribution in [0.2, 0.25) is 0 Å². The van der Waals surface area contributed by atoms with Crippen LogP contribution in [0.5, 0.6) is 0 Å². The first-order valence-electron chi connectivity index (χ1n) is 22.1. The molecule has 0 radical (unpaired) electrons. The molecule has 6 amide bonds. The Bertz CT molecular complexity index is 1780. The maximum absolute atomic E-state index is 14.6. The number of hydrogen-bond donors (Lipinski definition) is 6. The fourth-order valence-corrected chi connectivity index (χ4v) is 6.88. The minimum Gasteiger partial charge on any atom is -0.467 e. The highest BCUT2D eigenvalue weighted by Gasteiger charge is 2.39. The highest BCUT2D eigenvalue weighted by molar-refractivity contribution is 5.93. The molecule has 2 rings (SSSR count). The molecule has 63 heavy (non-hydrogen) atoms. The second kappa shape index (κ2) is 26.2. The van der Waals surface area contributed by atoms with Crippen molar-refractivity contribution in [1.29, 1.82) is 0 Å². The first kappa shape index (κ1) is 53.7. The number of esters is 1. The number of benzene rings is 2. The molecule has 7 atom stereocenters. The van der Waals surface area contributed by atoms with E-state index in [-0.39, 0.29) is 49.0 Å². The third-order valence-corrected chi connectivity index (χ3v) is 10.6. The lowest BCUT2D eigenvalue weighted by Gasteiger charge is -2.35. The van der Waals surface area contributed by atoms with Gasteiger partial charge in [-0.2, -0.15) is 0 Å². The van der Waals surface area contributed by atoms with Gasteiger partial charge in [0.15, 0.2) is 0 Å². The second-order valence-corrected chi connectivity index (χ2v) is 18.7. The maximum atomic E-state index is 14.6. The molecule has 6 N–H and O–H groups in total. The van der Waals surface area contributed by atoms with E-state index in [2.05, 4.69) is 31.9 Å². The molecule has 0 aliphatic heterocycles. The van der Waals surface area contributed by atoms with Crippen molar-refractivity contribution in [2.24, 2.45) is 29.1 Å². The Balaban J connectivity index is 2.59. The number of amides is 6. The summed E-state index contributed by atoms with van der Waals surface area (Å²) in [5.74, 6) is -3.75. The average molecular weight is 879 g/mol. The fraction of sp³-hybridized carbons (Fsp3) is 0.604. The number of alkyl carbamates (subject to hydrolysis) is 1. The van der Waals surface area contributed by atoms with Crippen LogP contribution in [-0.2, 0) is 51.3 Å². The minimum atomic E-state index is -1.12. The van der Waals surface area contributed by atoms with Crippen molar-refractivity contribution in [2.75, 3.05) is 7.11 Å². The summed E-state index contributed by atoms with van der Waals surface area (Å²) >= 11 is 0. The van der Waals surface area contributed by atoms with Gasteiger partial charge in [0.25, 0.3) is 0 Å². The summed E-state index contributed by atoms with van der Waals surface area (Å²) in [7, 11) is 1.23. The van der Waals surface area contributed by atoms with Gasteiger partial charge in [-0.25, -0.2) is 9.59 Å². The van der Waals surface area contributed by atoms with Crippen LogP contribution in [0.25, 0.3) is 0 Å². The van der Waals surface area contributed by atoms with Gasteiger partial charge in [-0.3, -0.25) is 24.0 Å². The summed E-state index contributed by atoms with van der Waals surface area (Å²) < 4.78 is 10.5. The summed E-state index contributed by atoms with van der Waals surface area (Å²) in [6, 6.07) is 12.1. The predicted octanol–water partition coefficient (Wildman–Crippen LogP) is 5.35. The predicted molar refractivity (Wildman–Crippen MR) is 243 cm³/mol. The molecule has 15 heteroatoms. The smallest absolute Gasteiger partial charge is 0.407 e. The second-order valence-electron chi connectivity index (χ2n) is 18.7. The molecule has 0 bridgehead atoms. The monoisotopic (exact) mass is 879 g/mol. The molecule has 0 heterocycles. The number of carbonyl (C=O) groups is 7. The number of rotatable bonds is 24. The standard InChI is InChI=1S/C48H74N6O9/c1-13-32(8)41(44(58)53-40(31(6)7)46(60)62-12)52-39(56)27-36(51-47(61)63-28-34-22-18-15-19-23-34)35(26-33-20-16-14-17-21-33)50-45(59)42(48(9,10)11)54-43(57)37(24-29(2)3)49-38(55)25-30(4)5/h14-23,29-32,35-37,40-42H,13,24-28H2,1-12H3,(H,49,55)(H,50,59)(H,51,61)(H,52,56)(H,53,58)(H,54,57)/t32-,35-,36-,37-,40-,41-,42?/m0/s1. The third-order valence-electron chi connectivity index (χ3n) is 10.6. The first-order chi connectivity index (χ1) is 29.6. The van der Waals surface area contributed by atoms with Gasteiger partial charge in [0.1, 0.15) is 30.8 Å². The minimum absolute atomic E-state index is 0.0485. The SMILES string of the molecule is CC[C@H](C)[C@H](NC(=O)C[C@H](NC(=O)OCc1ccccc1)[C@H](Cc1ccccc1)NC(=O)C(NC(=O)[C@H](CC(C)C)NC(=O)CC(C)C)C(C)(C)C)C(=O)N[C@H](C(=O)OC)C(C)C. The van der Waals surface area contributed by atoms with Gasteiger partial charge in [0.2, 0.25) is 29.5 Å². The lowest BCUT2D eigenvalue weighted by molar-refractivity contribution is -0.147. The first-order valence-corrected chi connectivity index (χ1v) is 22.1. The number of nitrogens with one attached hydrogen (secondary N) is 6. The highest BCUT2D eigenvalue weighted by Crippen LogP contribution is 2.22. The summed E-state index contributed by atoms with van der Waals surface area (Å²) in [6.45, 7) is 20.2. The van der Waals surface area contributed by atoms with Crippen molar-refractivity contribution in [1.82, 2.24) is 31.9 Å². The van der Waals surface area contributed by atoms with Crippen molar-refractivity contribution in [3.63, 3.8) is 0 Å². The van der Waals surface area contributed by atoms with Crippen LogP contribution in [-0.4, -0.2) is 85.0 Å². The molecule has 0 fully saturated rings. The number of carbonyl (C=O) groups excluding carboxylic acids is 7. The number of hydrogen-bond acceptors (Lipinski definition) is 9. The third kappa shape index (κ3) is 19.2. The molecule has 0 saturated heterocycles. The van der Waals surface area contributed by atoms with Crippen LogP contribution in [0.3, 0.4) is 0 Å². The normalized spacial score (nSPS) is 14.8. The topological polar surface area (TPSA) is 210 Å². The van der Waals surface area contributed by atoms with Gasteiger partial charge in [-0.15, -0.1) is 0 Å². The average Bonchev–Trinajstić information content (AvgIpc) is 3.21. The van der Waals surface area contributed by atoms with Crippen molar-refractivity contribution in [3.8, 4) is 0 Å². The molecule has 0 aliphatic rings. The maximum Gasteiger partial charge on any atom is 0.407 e. The van der Waals surface area contributed by atoms with E-state index >= 15 is 0 Å². The Labute approximate surface area is 374 Å². The Morgan fingerprint density at radius 3 is 1.68 bits per heavy atom. The van der Waals surface area contributed by atoms with E-state index in [1.807, 2.05) is 83.1 Å². The molecule has 0 aliphatic carbocycles. The van der Waals surface area contributed by atoms with Crippen LogP contribution in [0.1, 0.15) is 113 Å². The molecular formula is C48H74N6O9. The molecule has 1 unspecified atom stereocenters. The molecule has 15 nitrogen and oxygen atoms in total. The van der Waals surface area contributed by atoms with E-state index in [0.717, 1.165) is 11.1 Å². The molecule has 0 saturated carbocycles. The van der Waals surface area contributed by atoms with E-state index in [4.69, 9.17) is 9.47 Å². The van der Waals surface area contributed by atoms with Crippen molar-refractivity contribution in [3.05, 3.63) is 71.8 Å². The van der Waals surface area contributed by atoms with Gasteiger partial charge in [-0.1, -0.05) is 143 Å². The zero-order chi connectivity index (χ0) is 47.4. The van der Waals surface area contributed by atoms with Crippen LogP contribution in [0.4, 0.5) is 4.79 Å². The molecule has 350 valence electrons. The largest absolute Gasteiger partial charge is 0.467 e. The van der Waals surface area contributed by atoms with Crippen molar-refractivity contribution in [2.45, 2.75) is 151 Å². The van der Waals surface area contributed by atoms with Gasteiger partial charge in [-0.05, 0) is 53.1 Å². The van der Waals surface area contributed by atoms with Crippen molar-refractivity contribution >= 4 is 41.6 Å². The summed E-state index contributed by atoms with van der Waals surface area (Å²) in [5.41, 5.74) is 0.656. The Morgan fingerprint density at radius 2 is 1.17 bits per heavy atom. The highest BCUT2D eigenvalue weighted by atomic mass is 16.5. The Kier molecular flexibility index (Phi) is 22.3. The Morgan fingerprint density at radius 1 is 0.603 bits per heavy atom. The zero-order valence-electron chi connectivity index (χ0n) is 39.5. The quantitative estimate of drug-likeness (QED) is 0.0750. The molecular weight excluding hydrogens is 805 g/mol. The zero-order valence-corrected chi connectivity index (χ0v) is 39.5. The molecule has 2 aromatic carbocycles. The molecule has 2 aromatic rings. The van der Waals surface area contributed by atoms with E-state index in [1.165, 1.54) is 7.11 Å². The van der Waals surface area contributed by atoms with Gasteiger partial charge in [0.05, 0.1) is 19.2 Å².